The molecule has 3 aromatic rings. The van der Waals surface area contributed by atoms with Gasteiger partial charge in [0.05, 0.1) is 11.7 Å². The molecule has 1 aliphatic heterocycles. The molecule has 2 heteroatoms. The highest BCUT2D eigenvalue weighted by molar-refractivity contribution is 6.26. The predicted octanol–water partition coefficient (Wildman–Crippen LogP) is 6.46. The zero-order valence-electron chi connectivity index (χ0n) is 16.7. The minimum atomic E-state index is -0.00506. The molecule has 1 heterocycles. The van der Waals surface area contributed by atoms with Crippen molar-refractivity contribution in [1.29, 1.82) is 0 Å². The van der Waals surface area contributed by atoms with Gasteiger partial charge in [-0.05, 0) is 35.3 Å². The van der Waals surface area contributed by atoms with Gasteiger partial charge in [-0.15, -0.1) is 0 Å². The summed E-state index contributed by atoms with van der Waals surface area (Å²) < 4.78 is 0. The second-order valence-electron chi connectivity index (χ2n) is 9.04. The van der Waals surface area contributed by atoms with Crippen molar-refractivity contribution in [1.82, 2.24) is 0 Å². The lowest BCUT2D eigenvalue weighted by atomic mass is 9.68. The quantitative estimate of drug-likeness (QED) is 0.535. The second-order valence-corrected chi connectivity index (χ2v) is 9.04. The van der Waals surface area contributed by atoms with Gasteiger partial charge in [0.25, 0.3) is 0 Å². The third kappa shape index (κ3) is 2.67. The molecule has 5 rings (SSSR count). The molecule has 0 spiro atoms. The maximum Gasteiger partial charge on any atom is 0.164 e. The van der Waals surface area contributed by atoms with E-state index in [0.717, 1.165) is 23.2 Å². The summed E-state index contributed by atoms with van der Waals surface area (Å²) in [5.74, 6) is 0.279. The van der Waals surface area contributed by atoms with Gasteiger partial charge in [-0.3, -0.25) is 4.79 Å². The molecular weight excluding hydrogens is 342 g/mol. The first-order chi connectivity index (χ1) is 13.4. The molecule has 1 aliphatic carbocycles. The van der Waals surface area contributed by atoms with Crippen LogP contribution in [0.25, 0.3) is 16.3 Å². The highest BCUT2D eigenvalue weighted by Crippen LogP contribution is 2.51. The SMILES string of the molecule is Cc1ccc(C2Nc3c(ccc4ccccc34)C3=C2CC(C)(C)CC3=O)cc1. The average molecular weight is 367 g/mol. The number of allylic oxidation sites excluding steroid dienone is 1. The smallest absolute Gasteiger partial charge is 0.164 e. The lowest BCUT2D eigenvalue weighted by molar-refractivity contribution is -0.116. The largest absolute Gasteiger partial charge is 0.373 e. The molecule has 0 radical (unpaired) electrons. The van der Waals surface area contributed by atoms with Gasteiger partial charge in [0.1, 0.15) is 0 Å². The molecule has 0 aromatic heterocycles. The van der Waals surface area contributed by atoms with E-state index < -0.39 is 0 Å². The topological polar surface area (TPSA) is 29.1 Å². The Labute approximate surface area is 166 Å². The van der Waals surface area contributed by atoms with Gasteiger partial charge in [-0.1, -0.05) is 80.1 Å². The molecule has 1 unspecified atom stereocenters. The van der Waals surface area contributed by atoms with Crippen LogP contribution in [-0.4, -0.2) is 5.78 Å². The van der Waals surface area contributed by atoms with E-state index >= 15 is 0 Å². The minimum absolute atomic E-state index is 0.00506. The van der Waals surface area contributed by atoms with Gasteiger partial charge >= 0.3 is 0 Å². The van der Waals surface area contributed by atoms with Gasteiger partial charge in [-0.25, -0.2) is 0 Å². The van der Waals surface area contributed by atoms with Crippen molar-refractivity contribution in [2.24, 2.45) is 5.41 Å². The Kier molecular flexibility index (Phi) is 3.74. The maximum atomic E-state index is 13.3. The first kappa shape index (κ1) is 17.2. The first-order valence-electron chi connectivity index (χ1n) is 10.0. The van der Waals surface area contributed by atoms with Crippen molar-refractivity contribution >= 4 is 27.8 Å². The van der Waals surface area contributed by atoms with E-state index in [9.17, 15) is 4.79 Å². The molecule has 3 aromatic carbocycles. The van der Waals surface area contributed by atoms with Crippen LogP contribution >= 0.6 is 0 Å². The minimum Gasteiger partial charge on any atom is -0.373 e. The fourth-order valence-corrected chi connectivity index (χ4v) is 4.85. The number of fused-ring (bicyclic) bond motifs is 4. The van der Waals surface area contributed by atoms with Crippen molar-refractivity contribution in [2.75, 3.05) is 5.32 Å². The fraction of sp³-hybridized carbons (Fsp3) is 0.269. The average Bonchev–Trinajstić information content (AvgIpc) is 2.66. The van der Waals surface area contributed by atoms with Crippen molar-refractivity contribution in [3.05, 3.63) is 82.9 Å². The first-order valence-corrected chi connectivity index (χ1v) is 10.0. The van der Waals surface area contributed by atoms with E-state index in [2.05, 4.69) is 86.8 Å². The molecule has 1 N–H and O–H groups in total. The third-order valence-electron chi connectivity index (χ3n) is 6.15. The summed E-state index contributed by atoms with van der Waals surface area (Å²) in [5, 5.41) is 6.20. The van der Waals surface area contributed by atoms with Crippen LogP contribution in [-0.2, 0) is 4.79 Å². The molecule has 0 bridgehead atoms. The molecule has 0 saturated heterocycles. The number of benzene rings is 3. The van der Waals surface area contributed by atoms with E-state index in [1.807, 2.05) is 0 Å². The van der Waals surface area contributed by atoms with Crippen molar-refractivity contribution in [3.8, 4) is 0 Å². The zero-order chi connectivity index (χ0) is 19.5. The van der Waals surface area contributed by atoms with Crippen LogP contribution in [0, 0.1) is 12.3 Å². The van der Waals surface area contributed by atoms with Crippen molar-refractivity contribution in [2.45, 2.75) is 39.7 Å². The van der Waals surface area contributed by atoms with Crippen LogP contribution in [0.3, 0.4) is 0 Å². The number of hydrogen-bond acceptors (Lipinski definition) is 2. The highest BCUT2D eigenvalue weighted by atomic mass is 16.1. The molecule has 0 fully saturated rings. The highest BCUT2D eigenvalue weighted by Gasteiger charge is 2.40. The maximum absolute atomic E-state index is 13.3. The number of ketones is 1. The summed E-state index contributed by atoms with van der Waals surface area (Å²) in [4.78, 5) is 13.3. The third-order valence-corrected chi connectivity index (χ3v) is 6.15. The van der Waals surface area contributed by atoms with E-state index in [1.54, 1.807) is 0 Å². The molecular formula is C26H25NO. The lowest BCUT2D eigenvalue weighted by Gasteiger charge is -2.40. The van der Waals surface area contributed by atoms with Gasteiger partial charge in [-0.2, -0.15) is 0 Å². The number of carbonyl (C=O) groups is 1. The summed E-state index contributed by atoms with van der Waals surface area (Å²) >= 11 is 0. The van der Waals surface area contributed by atoms with Gasteiger partial charge in [0.15, 0.2) is 5.78 Å². The molecule has 0 amide bonds. The van der Waals surface area contributed by atoms with Gasteiger partial charge < -0.3 is 5.32 Å². The number of aryl methyl sites for hydroxylation is 1. The molecule has 0 saturated carbocycles. The number of rotatable bonds is 1. The molecule has 2 aliphatic rings. The second kappa shape index (κ2) is 6.07. The number of hydrogen-bond donors (Lipinski definition) is 1. The Morgan fingerprint density at radius 2 is 1.68 bits per heavy atom. The molecule has 2 nitrogen and oxygen atoms in total. The van der Waals surface area contributed by atoms with Crippen LogP contribution in [0.2, 0.25) is 0 Å². The monoisotopic (exact) mass is 367 g/mol. The summed E-state index contributed by atoms with van der Waals surface area (Å²) in [7, 11) is 0. The summed E-state index contributed by atoms with van der Waals surface area (Å²) in [5.41, 5.74) is 6.82. The van der Waals surface area contributed by atoms with E-state index in [4.69, 9.17) is 0 Å². The summed E-state index contributed by atoms with van der Waals surface area (Å²) in [6.07, 6.45) is 1.55. The number of carbonyl (C=O) groups excluding carboxylic acids is 1. The van der Waals surface area contributed by atoms with Gasteiger partial charge in [0.2, 0.25) is 0 Å². The number of anilines is 1. The number of Topliss-reactive ketones (excluding diaryl/α,β-unsaturated/α-hetero) is 1. The van der Waals surface area contributed by atoms with E-state index in [0.29, 0.717) is 6.42 Å². The molecule has 28 heavy (non-hydrogen) atoms. The van der Waals surface area contributed by atoms with Gasteiger partial charge in [0, 0.05) is 22.9 Å². The lowest BCUT2D eigenvalue weighted by Crippen LogP contribution is -2.32. The van der Waals surface area contributed by atoms with E-state index in [-0.39, 0.29) is 17.2 Å². The standard InChI is InChI=1S/C26H25NO/c1-16-8-10-18(11-9-16)24-21-14-26(2,3)15-22(28)23(21)20-13-12-17-6-4-5-7-19(17)25(20)27-24/h4-13,24,27H,14-15H2,1-3H3. The molecule has 140 valence electrons. The van der Waals surface area contributed by atoms with Crippen LogP contribution in [0.4, 0.5) is 5.69 Å². The summed E-state index contributed by atoms with van der Waals surface area (Å²) in [6, 6.07) is 21.4. The Morgan fingerprint density at radius 1 is 0.929 bits per heavy atom. The van der Waals surface area contributed by atoms with Crippen LogP contribution < -0.4 is 5.32 Å². The predicted molar refractivity (Wildman–Crippen MR) is 116 cm³/mol. The van der Waals surface area contributed by atoms with Crippen LogP contribution in [0.1, 0.15) is 49.4 Å². The zero-order valence-corrected chi connectivity index (χ0v) is 16.7. The van der Waals surface area contributed by atoms with Crippen molar-refractivity contribution < 1.29 is 4.79 Å². The Morgan fingerprint density at radius 3 is 2.46 bits per heavy atom. The summed E-state index contributed by atoms with van der Waals surface area (Å²) in [6.45, 7) is 6.52. The van der Waals surface area contributed by atoms with Crippen LogP contribution in [0.5, 0.6) is 0 Å². The Balaban J connectivity index is 1.78. The van der Waals surface area contributed by atoms with Crippen LogP contribution in [0.15, 0.2) is 66.2 Å². The normalized spacial score (nSPS) is 20.5. The Hall–Kier alpha value is -2.87. The van der Waals surface area contributed by atoms with Crippen molar-refractivity contribution in [3.63, 3.8) is 0 Å². The fourth-order valence-electron chi connectivity index (χ4n) is 4.85. The van der Waals surface area contributed by atoms with E-state index in [1.165, 1.54) is 27.5 Å². The molecule has 1 atom stereocenters. The Bertz CT molecular complexity index is 1130. The number of nitrogens with one attached hydrogen (secondary N) is 1.